The van der Waals surface area contributed by atoms with Gasteiger partial charge in [0.1, 0.15) is 0 Å². The minimum atomic E-state index is 1.12. The van der Waals surface area contributed by atoms with E-state index in [-0.39, 0.29) is 0 Å². The Morgan fingerprint density at radius 1 is 0.234 bits per heavy atom. The fourth-order valence-corrected chi connectivity index (χ4v) is 6.89. The van der Waals surface area contributed by atoms with Crippen LogP contribution in [-0.2, 0) is 0 Å². The molecule has 0 fully saturated rings. The minimum absolute atomic E-state index is 1.12. The molecule has 0 saturated heterocycles. The third kappa shape index (κ3) is 52.9. The predicted molar refractivity (Wildman–Crippen MR) is 219 cm³/mol. The highest BCUT2D eigenvalue weighted by atomic mass is 14.8. The molecule has 2 N–H and O–H groups in total. The second-order valence-corrected chi connectivity index (χ2v) is 15.2. The summed E-state index contributed by atoms with van der Waals surface area (Å²) in [5.74, 6) is 0. The van der Waals surface area contributed by atoms with E-state index in [1.54, 1.807) is 0 Å². The molecule has 0 aromatic rings. The van der Waals surface area contributed by atoms with Gasteiger partial charge in [0, 0.05) is 0 Å². The van der Waals surface area contributed by atoms with Crippen molar-refractivity contribution in [1.82, 2.24) is 10.6 Å². The van der Waals surface area contributed by atoms with Crippen LogP contribution in [0.15, 0.2) is 0 Å². The summed E-state index contributed by atoms with van der Waals surface area (Å²) in [4.78, 5) is 0. The molecule has 0 atom stereocenters. The molecule has 0 aliphatic carbocycles. The Hall–Kier alpha value is -0.0800. The number of hydrogen-bond donors (Lipinski definition) is 2. The van der Waals surface area contributed by atoms with Gasteiger partial charge in [0.15, 0.2) is 0 Å². The first kappa shape index (κ1) is 49.0. The largest absolute Gasteiger partial charge is 0.320 e. The third-order valence-electron chi connectivity index (χ3n) is 10.2. The lowest BCUT2D eigenvalue weighted by Crippen LogP contribution is -2.13. The van der Waals surface area contributed by atoms with Crippen LogP contribution in [0.4, 0.5) is 0 Å². The van der Waals surface area contributed by atoms with Crippen LogP contribution in [0.2, 0.25) is 0 Å². The SMILES string of the molecule is CCCCCCCCCCCCCCCCCCCCCNC.CCCCCCCCCCCCCCCCCCCCCNCC. The Bertz CT molecular complexity index is 437. The number of nitrogens with one attached hydrogen (secondary N) is 2. The maximum atomic E-state index is 3.41. The van der Waals surface area contributed by atoms with Crippen LogP contribution >= 0.6 is 0 Å². The molecule has 0 aliphatic heterocycles. The molecule has 0 saturated carbocycles. The van der Waals surface area contributed by atoms with Crippen LogP contribution in [0.1, 0.15) is 265 Å². The highest BCUT2D eigenvalue weighted by Crippen LogP contribution is 2.16. The van der Waals surface area contributed by atoms with Crippen molar-refractivity contribution in [2.24, 2.45) is 0 Å². The Morgan fingerprint density at radius 3 is 0.617 bits per heavy atom. The van der Waals surface area contributed by atoms with Gasteiger partial charge in [-0.25, -0.2) is 0 Å². The Kier molecular flexibility index (Phi) is 52.5. The summed E-state index contributed by atoms with van der Waals surface area (Å²) in [5.41, 5.74) is 0. The highest BCUT2D eigenvalue weighted by Gasteiger charge is 1.97. The molecule has 0 aromatic carbocycles. The monoisotopic (exact) mass is 665 g/mol. The Balaban J connectivity index is 0. The van der Waals surface area contributed by atoms with Gasteiger partial charge in [-0.3, -0.25) is 0 Å². The molecule has 47 heavy (non-hydrogen) atoms. The lowest BCUT2D eigenvalue weighted by Gasteiger charge is -2.04. The molecule has 0 unspecified atom stereocenters. The molecule has 2 nitrogen and oxygen atoms in total. The first-order valence-corrected chi connectivity index (χ1v) is 22.7. The average molecular weight is 665 g/mol. The van der Waals surface area contributed by atoms with Crippen molar-refractivity contribution < 1.29 is 0 Å². The van der Waals surface area contributed by atoms with E-state index in [9.17, 15) is 0 Å². The summed E-state index contributed by atoms with van der Waals surface area (Å²) in [6.45, 7) is 10.3. The fraction of sp³-hybridized carbons (Fsp3) is 1.00. The average Bonchev–Trinajstić information content (AvgIpc) is 3.09. The smallest absolute Gasteiger partial charge is 0.00490 e. The van der Waals surface area contributed by atoms with E-state index in [0.717, 1.165) is 6.54 Å². The molecule has 0 rings (SSSR count). The van der Waals surface area contributed by atoms with Crippen molar-refractivity contribution in [3.63, 3.8) is 0 Å². The van der Waals surface area contributed by atoms with Gasteiger partial charge in [-0.1, -0.05) is 252 Å². The van der Waals surface area contributed by atoms with E-state index < -0.39 is 0 Å². The molecule has 0 aliphatic rings. The topological polar surface area (TPSA) is 24.1 Å². The summed E-state index contributed by atoms with van der Waals surface area (Å²) < 4.78 is 0. The van der Waals surface area contributed by atoms with Crippen molar-refractivity contribution in [2.75, 3.05) is 26.7 Å². The minimum Gasteiger partial charge on any atom is -0.320 e. The zero-order chi connectivity index (χ0) is 34.4. The standard InChI is InChI=1S/C23H49N.C22H47N/c1-3-5-6-7-8-9-10-11-12-13-14-15-16-17-18-19-20-21-22-23-24-4-2;1-3-4-5-6-7-8-9-10-11-12-13-14-15-16-17-18-19-20-21-22-23-2/h24H,3-23H2,1-2H3;23H,3-22H2,1-2H3. The van der Waals surface area contributed by atoms with Crippen molar-refractivity contribution in [3.8, 4) is 0 Å². The van der Waals surface area contributed by atoms with Gasteiger partial charge in [0.2, 0.25) is 0 Å². The van der Waals surface area contributed by atoms with Gasteiger partial charge in [0.05, 0.1) is 0 Å². The first-order chi connectivity index (χ1) is 23.3. The molecular weight excluding hydrogens is 569 g/mol. The first-order valence-electron chi connectivity index (χ1n) is 22.7. The molecule has 0 aromatic heterocycles. The van der Waals surface area contributed by atoms with Crippen LogP contribution in [0.5, 0.6) is 0 Å². The third-order valence-corrected chi connectivity index (χ3v) is 10.2. The highest BCUT2D eigenvalue weighted by molar-refractivity contribution is 4.53. The number of hydrogen-bond acceptors (Lipinski definition) is 2. The quantitative estimate of drug-likeness (QED) is 0.0636. The van der Waals surface area contributed by atoms with Crippen LogP contribution in [0.25, 0.3) is 0 Å². The van der Waals surface area contributed by atoms with E-state index in [0.29, 0.717) is 0 Å². The van der Waals surface area contributed by atoms with Crippen molar-refractivity contribution in [3.05, 3.63) is 0 Å². The van der Waals surface area contributed by atoms with Crippen LogP contribution in [-0.4, -0.2) is 26.7 Å². The summed E-state index contributed by atoms with van der Waals surface area (Å²) in [7, 11) is 2.05. The Morgan fingerprint density at radius 2 is 0.426 bits per heavy atom. The van der Waals surface area contributed by atoms with Gasteiger partial charge >= 0.3 is 0 Å². The zero-order valence-electron chi connectivity index (χ0n) is 34.0. The van der Waals surface area contributed by atoms with Gasteiger partial charge in [-0.15, -0.1) is 0 Å². The lowest BCUT2D eigenvalue weighted by atomic mass is 10.0. The molecular formula is C45H96N2. The van der Waals surface area contributed by atoms with Crippen LogP contribution < -0.4 is 10.6 Å². The lowest BCUT2D eigenvalue weighted by molar-refractivity contribution is 0.521. The Labute approximate surface area is 301 Å². The predicted octanol–water partition coefficient (Wildman–Crippen LogP) is 15.7. The molecule has 0 bridgehead atoms. The summed E-state index contributed by atoms with van der Waals surface area (Å²) in [6, 6.07) is 0. The summed E-state index contributed by atoms with van der Waals surface area (Å²) >= 11 is 0. The van der Waals surface area contributed by atoms with E-state index in [1.807, 2.05) is 0 Å². The van der Waals surface area contributed by atoms with Crippen molar-refractivity contribution in [1.29, 1.82) is 0 Å². The molecule has 2 heteroatoms. The molecule has 0 heterocycles. The van der Waals surface area contributed by atoms with Gasteiger partial charge in [-0.2, -0.15) is 0 Å². The second kappa shape index (κ2) is 50.3. The fourth-order valence-electron chi connectivity index (χ4n) is 6.89. The van der Waals surface area contributed by atoms with Crippen molar-refractivity contribution in [2.45, 2.75) is 265 Å². The summed E-state index contributed by atoms with van der Waals surface area (Å²) in [5, 5.41) is 6.63. The number of unbranched alkanes of at least 4 members (excludes halogenated alkanes) is 36. The normalized spacial score (nSPS) is 11.2. The number of rotatable bonds is 41. The van der Waals surface area contributed by atoms with E-state index >= 15 is 0 Å². The maximum absolute atomic E-state index is 3.41. The van der Waals surface area contributed by atoms with E-state index in [2.05, 4.69) is 38.5 Å². The van der Waals surface area contributed by atoms with E-state index in [1.165, 1.54) is 257 Å². The van der Waals surface area contributed by atoms with Crippen molar-refractivity contribution >= 4 is 0 Å². The van der Waals surface area contributed by atoms with Gasteiger partial charge in [-0.05, 0) is 39.5 Å². The summed E-state index contributed by atoms with van der Waals surface area (Å²) in [6.07, 6.45) is 55.5. The van der Waals surface area contributed by atoms with E-state index in [4.69, 9.17) is 0 Å². The van der Waals surface area contributed by atoms with Gasteiger partial charge < -0.3 is 10.6 Å². The molecule has 286 valence electrons. The zero-order valence-corrected chi connectivity index (χ0v) is 34.0. The molecule has 0 spiro atoms. The molecule has 0 amide bonds. The van der Waals surface area contributed by atoms with Gasteiger partial charge in [0.25, 0.3) is 0 Å². The van der Waals surface area contributed by atoms with Crippen LogP contribution in [0, 0.1) is 0 Å². The second-order valence-electron chi connectivity index (χ2n) is 15.2. The molecule has 0 radical (unpaired) electrons. The van der Waals surface area contributed by atoms with Crippen LogP contribution in [0.3, 0.4) is 0 Å². The maximum Gasteiger partial charge on any atom is -0.00490 e.